The summed E-state index contributed by atoms with van der Waals surface area (Å²) in [6, 6.07) is 0. The van der Waals surface area contributed by atoms with Gasteiger partial charge in [0.05, 0.1) is 3.92 Å². The summed E-state index contributed by atoms with van der Waals surface area (Å²) in [6.07, 6.45) is 10.0. The molecule has 0 aromatic carbocycles. The lowest BCUT2D eigenvalue weighted by molar-refractivity contribution is -0.107. The van der Waals surface area contributed by atoms with E-state index in [4.69, 9.17) is 0 Å². The smallest absolute Gasteiger partial charge is 0.132 e. The van der Waals surface area contributed by atoms with E-state index in [9.17, 15) is 4.79 Å². The molecule has 72 valence electrons. The Morgan fingerprint density at radius 3 is 2.33 bits per heavy atom. The molecule has 0 heterocycles. The van der Waals surface area contributed by atoms with Gasteiger partial charge in [-0.05, 0) is 6.42 Å². The first-order valence-electron chi connectivity index (χ1n) is 4.90. The van der Waals surface area contributed by atoms with E-state index in [0.717, 1.165) is 12.7 Å². The molecule has 1 unspecified atom stereocenters. The average molecular weight is 282 g/mol. The maximum atomic E-state index is 10.3. The number of rotatable bonds is 8. The third-order valence-corrected chi connectivity index (χ3v) is 2.90. The Bertz CT molecular complexity index is 104. The molecule has 0 aliphatic heterocycles. The molecule has 0 spiro atoms. The molecule has 0 aromatic rings. The minimum atomic E-state index is 0.244. The van der Waals surface area contributed by atoms with Gasteiger partial charge in [-0.25, -0.2) is 0 Å². The summed E-state index contributed by atoms with van der Waals surface area (Å²) in [6.45, 7) is 2.23. The third kappa shape index (κ3) is 8.50. The summed E-state index contributed by atoms with van der Waals surface area (Å²) >= 11 is 2.21. The van der Waals surface area contributed by atoms with Crippen LogP contribution in [-0.2, 0) is 4.79 Å². The van der Waals surface area contributed by atoms with Crippen molar-refractivity contribution in [3.8, 4) is 0 Å². The van der Waals surface area contributed by atoms with Crippen molar-refractivity contribution in [2.24, 2.45) is 0 Å². The first-order valence-corrected chi connectivity index (χ1v) is 6.15. The molecule has 0 bridgehead atoms. The molecule has 0 aliphatic carbocycles. The van der Waals surface area contributed by atoms with Crippen LogP contribution in [0.25, 0.3) is 0 Å². The van der Waals surface area contributed by atoms with Gasteiger partial charge in [0.1, 0.15) is 6.29 Å². The Labute approximate surface area is 89.4 Å². The fourth-order valence-electron chi connectivity index (χ4n) is 1.19. The van der Waals surface area contributed by atoms with Crippen LogP contribution in [0.3, 0.4) is 0 Å². The van der Waals surface area contributed by atoms with Gasteiger partial charge < -0.3 is 4.79 Å². The highest BCUT2D eigenvalue weighted by Crippen LogP contribution is 2.11. The lowest BCUT2D eigenvalue weighted by Crippen LogP contribution is -1.97. The highest BCUT2D eigenvalue weighted by molar-refractivity contribution is 14.1. The first-order chi connectivity index (χ1) is 5.81. The Kier molecular flexibility index (Phi) is 9.80. The summed E-state index contributed by atoms with van der Waals surface area (Å²) in [7, 11) is 0. The van der Waals surface area contributed by atoms with Crippen LogP contribution < -0.4 is 0 Å². The molecule has 1 nitrogen and oxygen atoms in total. The summed E-state index contributed by atoms with van der Waals surface area (Å²) in [4.78, 5) is 10.3. The van der Waals surface area contributed by atoms with Crippen LogP contribution in [0.2, 0.25) is 0 Å². The Balaban J connectivity index is 2.95. The highest BCUT2D eigenvalue weighted by atomic mass is 127. The van der Waals surface area contributed by atoms with Crippen LogP contribution in [-0.4, -0.2) is 10.2 Å². The summed E-state index contributed by atoms with van der Waals surface area (Å²) < 4.78 is 0.244. The van der Waals surface area contributed by atoms with Crippen molar-refractivity contribution in [2.45, 2.75) is 55.8 Å². The average Bonchev–Trinajstić information content (AvgIpc) is 2.10. The number of halogens is 1. The summed E-state index contributed by atoms with van der Waals surface area (Å²) in [5, 5.41) is 0. The fourth-order valence-corrected chi connectivity index (χ4v) is 1.63. The van der Waals surface area contributed by atoms with Gasteiger partial charge >= 0.3 is 0 Å². The van der Waals surface area contributed by atoms with Gasteiger partial charge in [0.15, 0.2) is 0 Å². The van der Waals surface area contributed by atoms with Crippen molar-refractivity contribution >= 4 is 28.9 Å². The number of unbranched alkanes of at least 4 members (excludes halogenated alkanes) is 5. The number of hydrogen-bond acceptors (Lipinski definition) is 1. The SMILES string of the molecule is CCCCCCCCC(I)C=O. The van der Waals surface area contributed by atoms with Gasteiger partial charge in [0.25, 0.3) is 0 Å². The van der Waals surface area contributed by atoms with E-state index in [0.29, 0.717) is 0 Å². The van der Waals surface area contributed by atoms with Crippen molar-refractivity contribution in [3.63, 3.8) is 0 Å². The number of alkyl halides is 1. The highest BCUT2D eigenvalue weighted by Gasteiger charge is 1.99. The zero-order valence-corrected chi connectivity index (χ0v) is 10.0. The maximum absolute atomic E-state index is 10.3. The molecule has 0 saturated heterocycles. The van der Waals surface area contributed by atoms with Gasteiger partial charge in [0, 0.05) is 0 Å². The van der Waals surface area contributed by atoms with Gasteiger partial charge in [0.2, 0.25) is 0 Å². The van der Waals surface area contributed by atoms with E-state index in [2.05, 4.69) is 29.5 Å². The van der Waals surface area contributed by atoms with E-state index in [1.54, 1.807) is 0 Å². The topological polar surface area (TPSA) is 17.1 Å². The molecular weight excluding hydrogens is 263 g/mol. The first kappa shape index (κ1) is 12.4. The second kappa shape index (κ2) is 9.49. The summed E-state index contributed by atoms with van der Waals surface area (Å²) in [5.41, 5.74) is 0. The molecule has 0 rings (SSSR count). The second-order valence-electron chi connectivity index (χ2n) is 3.21. The molecule has 0 fully saturated rings. The molecular formula is C10H19IO. The van der Waals surface area contributed by atoms with Gasteiger partial charge in [-0.15, -0.1) is 0 Å². The Morgan fingerprint density at radius 2 is 1.75 bits per heavy atom. The van der Waals surface area contributed by atoms with Crippen LogP contribution in [0.5, 0.6) is 0 Å². The van der Waals surface area contributed by atoms with Crippen LogP contribution in [0.1, 0.15) is 51.9 Å². The van der Waals surface area contributed by atoms with E-state index < -0.39 is 0 Å². The normalized spacial score (nSPS) is 12.8. The fraction of sp³-hybridized carbons (Fsp3) is 0.900. The molecule has 0 N–H and O–H groups in total. The Morgan fingerprint density at radius 1 is 1.17 bits per heavy atom. The number of carbonyl (C=O) groups excluding carboxylic acids is 1. The number of carbonyl (C=O) groups is 1. The molecule has 0 saturated carbocycles. The number of hydrogen-bond donors (Lipinski definition) is 0. The minimum Gasteiger partial charge on any atom is -0.302 e. The zero-order valence-electron chi connectivity index (χ0n) is 7.89. The largest absolute Gasteiger partial charge is 0.302 e. The van der Waals surface area contributed by atoms with E-state index in [1.807, 2.05) is 0 Å². The minimum absolute atomic E-state index is 0.244. The Hall–Kier alpha value is 0.400. The molecule has 1 atom stereocenters. The van der Waals surface area contributed by atoms with E-state index in [-0.39, 0.29) is 3.92 Å². The molecule has 0 aromatic heterocycles. The second-order valence-corrected chi connectivity index (χ2v) is 4.81. The van der Waals surface area contributed by atoms with Crippen molar-refractivity contribution in [3.05, 3.63) is 0 Å². The lowest BCUT2D eigenvalue weighted by Gasteiger charge is -2.01. The van der Waals surface area contributed by atoms with Gasteiger partial charge in [-0.3, -0.25) is 0 Å². The van der Waals surface area contributed by atoms with Gasteiger partial charge in [-0.2, -0.15) is 0 Å². The quantitative estimate of drug-likeness (QED) is 0.287. The van der Waals surface area contributed by atoms with Crippen molar-refractivity contribution in [2.75, 3.05) is 0 Å². The van der Waals surface area contributed by atoms with E-state index >= 15 is 0 Å². The standard InChI is InChI=1S/C10H19IO/c1-2-3-4-5-6-7-8-10(11)9-12/h9-10H,2-8H2,1H3. The zero-order chi connectivity index (χ0) is 9.23. The third-order valence-electron chi connectivity index (χ3n) is 1.98. The van der Waals surface area contributed by atoms with Gasteiger partial charge in [-0.1, -0.05) is 68.0 Å². The molecule has 2 heteroatoms. The predicted molar refractivity (Wildman–Crippen MR) is 61.9 cm³/mol. The van der Waals surface area contributed by atoms with Crippen molar-refractivity contribution in [1.82, 2.24) is 0 Å². The van der Waals surface area contributed by atoms with Crippen molar-refractivity contribution < 1.29 is 4.79 Å². The lowest BCUT2D eigenvalue weighted by atomic mass is 10.1. The maximum Gasteiger partial charge on any atom is 0.132 e. The van der Waals surface area contributed by atoms with Crippen LogP contribution >= 0.6 is 22.6 Å². The molecule has 0 amide bonds. The monoisotopic (exact) mass is 282 g/mol. The predicted octanol–water partition coefficient (Wildman–Crippen LogP) is 3.74. The molecule has 0 aliphatic rings. The van der Waals surface area contributed by atoms with Crippen LogP contribution in [0.4, 0.5) is 0 Å². The van der Waals surface area contributed by atoms with Crippen LogP contribution in [0.15, 0.2) is 0 Å². The number of aldehydes is 1. The van der Waals surface area contributed by atoms with Crippen LogP contribution in [0, 0.1) is 0 Å². The van der Waals surface area contributed by atoms with Crippen molar-refractivity contribution in [1.29, 1.82) is 0 Å². The molecule has 0 radical (unpaired) electrons. The molecule has 12 heavy (non-hydrogen) atoms. The van der Waals surface area contributed by atoms with E-state index in [1.165, 1.54) is 38.5 Å². The summed E-state index contributed by atoms with van der Waals surface area (Å²) in [5.74, 6) is 0.